The van der Waals surface area contributed by atoms with Crippen LogP contribution in [0, 0.1) is 23.7 Å². The van der Waals surface area contributed by atoms with Gasteiger partial charge in [-0.1, -0.05) is 56.5 Å². The second-order valence-electron chi connectivity index (χ2n) is 8.06. The molecule has 1 aromatic rings. The summed E-state index contributed by atoms with van der Waals surface area (Å²) in [6.07, 6.45) is 3.73. The Kier molecular flexibility index (Phi) is 5.93. The Bertz CT molecular complexity index is 740. The van der Waals surface area contributed by atoms with Gasteiger partial charge in [0.15, 0.2) is 0 Å². The third-order valence-corrected chi connectivity index (χ3v) is 9.63. The molecule has 3 fully saturated rings. The third-order valence-electron chi connectivity index (χ3n) is 6.42. The van der Waals surface area contributed by atoms with Gasteiger partial charge in [-0.25, -0.2) is 0 Å². The first-order chi connectivity index (χ1) is 13.5. The predicted molar refractivity (Wildman–Crippen MR) is 114 cm³/mol. The van der Waals surface area contributed by atoms with Crippen molar-refractivity contribution in [3.05, 3.63) is 30.3 Å². The predicted octanol–water partition coefficient (Wildman–Crippen LogP) is 3.96. The molecule has 150 valence electrons. The molecular weight excluding hydrogens is 488 g/mol. The number of carbonyl (C=O) groups is 3. The average molecular weight is 512 g/mol. The van der Waals surface area contributed by atoms with Crippen LogP contribution in [-0.4, -0.2) is 38.8 Å². The van der Waals surface area contributed by atoms with Crippen LogP contribution in [0.2, 0.25) is 0 Å². The number of para-hydroxylation sites is 1. The average Bonchev–Trinajstić information content (AvgIpc) is 3.28. The standard InChI is InChI=1S/C21H24Br2N2O3/c22-18-13-11-14(19(18)23)17-16(13)20(27)25(21(17)28)10-6-2-5-9-15(26)24-12-7-3-1-4-8-12/h1,3-4,7-8,13-14,16-19H,2,5-6,9-11H2,(H,24,26)/t13-,14-,16-,17+,18-,19+/m0/s1. The molecule has 6 atom stereocenters. The summed E-state index contributed by atoms with van der Waals surface area (Å²) in [5.41, 5.74) is 0.803. The summed E-state index contributed by atoms with van der Waals surface area (Å²) in [6.45, 7) is 0.477. The molecule has 1 aliphatic heterocycles. The second-order valence-corrected chi connectivity index (χ2v) is 10.2. The maximum atomic E-state index is 12.8. The van der Waals surface area contributed by atoms with E-state index >= 15 is 0 Å². The van der Waals surface area contributed by atoms with E-state index in [1.807, 2.05) is 30.3 Å². The number of benzene rings is 1. The Morgan fingerprint density at radius 3 is 2.18 bits per heavy atom. The van der Waals surface area contributed by atoms with Gasteiger partial charge < -0.3 is 5.32 Å². The molecule has 1 saturated heterocycles. The van der Waals surface area contributed by atoms with Crippen molar-refractivity contribution in [3.63, 3.8) is 0 Å². The van der Waals surface area contributed by atoms with Crippen LogP contribution in [0.4, 0.5) is 5.69 Å². The molecule has 3 amide bonds. The van der Waals surface area contributed by atoms with Gasteiger partial charge >= 0.3 is 0 Å². The van der Waals surface area contributed by atoms with E-state index in [9.17, 15) is 14.4 Å². The van der Waals surface area contributed by atoms with Crippen LogP contribution in [0.1, 0.15) is 32.1 Å². The minimum absolute atomic E-state index is 0.00245. The van der Waals surface area contributed by atoms with Gasteiger partial charge in [0.2, 0.25) is 17.7 Å². The molecule has 2 saturated carbocycles. The third kappa shape index (κ3) is 3.56. The van der Waals surface area contributed by atoms with Crippen molar-refractivity contribution < 1.29 is 14.4 Å². The quantitative estimate of drug-likeness (QED) is 0.342. The van der Waals surface area contributed by atoms with Crippen molar-refractivity contribution in [2.24, 2.45) is 23.7 Å². The Labute approximate surface area is 181 Å². The fourth-order valence-corrected chi connectivity index (χ4v) is 6.98. The first kappa shape index (κ1) is 20.1. The van der Waals surface area contributed by atoms with E-state index in [2.05, 4.69) is 37.2 Å². The lowest BCUT2D eigenvalue weighted by molar-refractivity contribution is -0.140. The number of carbonyl (C=O) groups excluding carboxylic acids is 3. The van der Waals surface area contributed by atoms with Gasteiger partial charge in [0, 0.05) is 28.3 Å². The normalized spacial score (nSPS) is 33.4. The van der Waals surface area contributed by atoms with Crippen LogP contribution >= 0.6 is 31.9 Å². The van der Waals surface area contributed by atoms with Gasteiger partial charge in [-0.3, -0.25) is 19.3 Å². The number of hydrogen-bond acceptors (Lipinski definition) is 3. The lowest BCUT2D eigenvalue weighted by Gasteiger charge is -2.28. The fraction of sp³-hybridized carbons (Fsp3) is 0.571. The summed E-state index contributed by atoms with van der Waals surface area (Å²) in [5.74, 6) is 0.309. The smallest absolute Gasteiger partial charge is 0.233 e. The maximum Gasteiger partial charge on any atom is 0.233 e. The number of imide groups is 1. The van der Waals surface area contributed by atoms with E-state index in [4.69, 9.17) is 0 Å². The molecule has 1 aromatic carbocycles. The van der Waals surface area contributed by atoms with Crippen LogP contribution in [0.3, 0.4) is 0 Å². The molecule has 0 radical (unpaired) electrons. The number of unbranched alkanes of at least 4 members (excludes halogenated alkanes) is 2. The summed E-state index contributed by atoms with van der Waals surface area (Å²) in [5, 5.41) is 2.87. The Hall–Kier alpha value is -1.21. The largest absolute Gasteiger partial charge is 0.326 e. The number of halogens is 2. The van der Waals surface area contributed by atoms with Crippen molar-refractivity contribution in [2.75, 3.05) is 11.9 Å². The fourth-order valence-electron chi connectivity index (χ4n) is 5.11. The lowest BCUT2D eigenvalue weighted by atomic mass is 9.81. The summed E-state index contributed by atoms with van der Waals surface area (Å²) in [4.78, 5) is 39.7. The van der Waals surface area contributed by atoms with Crippen molar-refractivity contribution in [3.8, 4) is 0 Å². The van der Waals surface area contributed by atoms with Crippen molar-refractivity contribution in [2.45, 2.75) is 41.8 Å². The molecule has 0 spiro atoms. The van der Waals surface area contributed by atoms with Crippen LogP contribution < -0.4 is 5.32 Å². The highest BCUT2D eigenvalue weighted by atomic mass is 79.9. The number of alkyl halides is 2. The van der Waals surface area contributed by atoms with E-state index in [0.717, 1.165) is 31.4 Å². The van der Waals surface area contributed by atoms with Gasteiger partial charge in [0.25, 0.3) is 0 Å². The first-order valence-corrected chi connectivity index (χ1v) is 11.8. The molecule has 1 heterocycles. The van der Waals surface area contributed by atoms with E-state index in [-0.39, 0.29) is 51.0 Å². The number of rotatable bonds is 7. The molecule has 3 aliphatic rings. The van der Waals surface area contributed by atoms with E-state index < -0.39 is 0 Å². The topological polar surface area (TPSA) is 66.5 Å². The molecule has 28 heavy (non-hydrogen) atoms. The van der Waals surface area contributed by atoms with E-state index in [0.29, 0.717) is 13.0 Å². The lowest BCUT2D eigenvalue weighted by Crippen LogP contribution is -2.37. The summed E-state index contributed by atoms with van der Waals surface area (Å²) < 4.78 is 0. The number of anilines is 1. The Morgan fingerprint density at radius 1 is 0.964 bits per heavy atom. The molecule has 2 aliphatic carbocycles. The van der Waals surface area contributed by atoms with Crippen molar-refractivity contribution >= 4 is 55.3 Å². The highest BCUT2D eigenvalue weighted by molar-refractivity contribution is 9.12. The minimum atomic E-state index is -0.132. The molecule has 7 heteroatoms. The highest BCUT2D eigenvalue weighted by Crippen LogP contribution is 2.60. The van der Waals surface area contributed by atoms with Gasteiger partial charge in [-0.15, -0.1) is 0 Å². The summed E-state index contributed by atoms with van der Waals surface area (Å²) in [7, 11) is 0. The molecule has 0 aromatic heterocycles. The maximum absolute atomic E-state index is 12.8. The summed E-state index contributed by atoms with van der Waals surface area (Å²) >= 11 is 7.42. The second kappa shape index (κ2) is 8.27. The van der Waals surface area contributed by atoms with E-state index in [1.165, 1.54) is 4.90 Å². The Balaban J connectivity index is 1.21. The van der Waals surface area contributed by atoms with Crippen LogP contribution in [0.25, 0.3) is 0 Å². The molecule has 4 rings (SSSR count). The molecule has 1 N–H and O–H groups in total. The monoisotopic (exact) mass is 510 g/mol. The molecule has 0 unspecified atom stereocenters. The number of likely N-dealkylation sites (tertiary alicyclic amines) is 1. The van der Waals surface area contributed by atoms with Gasteiger partial charge in [0.1, 0.15) is 0 Å². The zero-order valence-corrected chi connectivity index (χ0v) is 18.7. The highest BCUT2D eigenvalue weighted by Gasteiger charge is 2.66. The van der Waals surface area contributed by atoms with Crippen LogP contribution in [-0.2, 0) is 14.4 Å². The SMILES string of the molecule is O=C(CCCCCN1C(=O)[C@@H]2[C@@H]3C[C@H]([C@H](Br)[C@@H]3Br)[C@@H]2C1=O)Nc1ccccc1. The van der Waals surface area contributed by atoms with Gasteiger partial charge in [0.05, 0.1) is 11.8 Å². The summed E-state index contributed by atoms with van der Waals surface area (Å²) in [6, 6.07) is 9.41. The molecule has 5 nitrogen and oxygen atoms in total. The first-order valence-electron chi connectivity index (χ1n) is 9.97. The van der Waals surface area contributed by atoms with Crippen LogP contribution in [0.15, 0.2) is 30.3 Å². The number of nitrogens with one attached hydrogen (secondary N) is 1. The van der Waals surface area contributed by atoms with Crippen molar-refractivity contribution in [1.82, 2.24) is 4.90 Å². The Morgan fingerprint density at radius 2 is 1.57 bits per heavy atom. The van der Waals surface area contributed by atoms with Gasteiger partial charge in [-0.2, -0.15) is 0 Å². The van der Waals surface area contributed by atoms with Gasteiger partial charge in [-0.05, 0) is 43.2 Å². The van der Waals surface area contributed by atoms with Crippen LogP contribution in [0.5, 0.6) is 0 Å². The van der Waals surface area contributed by atoms with E-state index in [1.54, 1.807) is 0 Å². The van der Waals surface area contributed by atoms with Crippen molar-refractivity contribution in [1.29, 1.82) is 0 Å². The number of nitrogens with zero attached hydrogens (tertiary/aromatic N) is 1. The molecular formula is C21H24Br2N2O3. The number of hydrogen-bond donors (Lipinski definition) is 1. The zero-order chi connectivity index (χ0) is 19.8. The number of amides is 3. The molecule has 2 bridgehead atoms. The number of fused-ring (bicyclic) bond motifs is 5. The zero-order valence-electron chi connectivity index (χ0n) is 15.5. The minimum Gasteiger partial charge on any atom is -0.326 e.